The summed E-state index contributed by atoms with van der Waals surface area (Å²) in [5.74, 6) is 0.683. The molecule has 0 aliphatic carbocycles. The molecule has 1 amide bonds. The molecule has 88 valence electrons. The van der Waals surface area contributed by atoms with Gasteiger partial charge in [-0.05, 0) is 34.7 Å². The molecule has 4 nitrogen and oxygen atoms in total. The summed E-state index contributed by atoms with van der Waals surface area (Å²) in [5.41, 5.74) is 0.647. The van der Waals surface area contributed by atoms with Crippen molar-refractivity contribution in [3.8, 4) is 0 Å². The van der Waals surface area contributed by atoms with E-state index in [0.717, 1.165) is 24.0 Å². The molecule has 1 aliphatic rings. The third kappa shape index (κ3) is 2.14. The fourth-order valence-electron chi connectivity index (χ4n) is 2.17. The Morgan fingerprint density at radius 2 is 2.38 bits per heavy atom. The molecule has 0 radical (unpaired) electrons. The molecule has 5 heteroatoms. The maximum Gasteiger partial charge on any atom is 0.273 e. The maximum absolute atomic E-state index is 12.3. The highest BCUT2D eigenvalue weighted by molar-refractivity contribution is 9.10. The number of rotatable bonds is 1. The predicted octanol–water partition coefficient (Wildman–Crippen LogP) is 2.05. The summed E-state index contributed by atoms with van der Waals surface area (Å²) in [5, 5.41) is 4.07. The molecule has 1 fully saturated rings. The number of aromatic nitrogens is 2. The van der Waals surface area contributed by atoms with Crippen LogP contribution in [0.2, 0.25) is 0 Å². The van der Waals surface area contributed by atoms with E-state index in [1.165, 1.54) is 6.42 Å². The minimum atomic E-state index is 0.0819. The van der Waals surface area contributed by atoms with Gasteiger partial charge in [-0.1, -0.05) is 6.92 Å². The molecule has 1 aromatic rings. The summed E-state index contributed by atoms with van der Waals surface area (Å²) in [7, 11) is 1.80. The van der Waals surface area contributed by atoms with E-state index >= 15 is 0 Å². The standard InChI is InChI=1S/C11H16BrN3O/c1-8-4-3-5-15(7-8)11(16)10-9(12)6-13-14(10)2/h6,8H,3-5,7H2,1-2H3. The lowest BCUT2D eigenvalue weighted by atomic mass is 10.00. The van der Waals surface area contributed by atoms with E-state index in [2.05, 4.69) is 28.0 Å². The fourth-order valence-corrected chi connectivity index (χ4v) is 2.69. The second-order valence-corrected chi connectivity index (χ2v) is 5.32. The molecule has 16 heavy (non-hydrogen) atoms. The van der Waals surface area contributed by atoms with Crippen LogP contribution in [0.4, 0.5) is 0 Å². The van der Waals surface area contributed by atoms with Gasteiger partial charge in [-0.3, -0.25) is 9.48 Å². The second-order valence-electron chi connectivity index (χ2n) is 4.46. The predicted molar refractivity (Wildman–Crippen MR) is 65.2 cm³/mol. The first kappa shape index (κ1) is 11.6. The van der Waals surface area contributed by atoms with Crippen molar-refractivity contribution in [1.82, 2.24) is 14.7 Å². The number of likely N-dealkylation sites (tertiary alicyclic amines) is 1. The normalized spacial score (nSPS) is 21.2. The number of carbonyl (C=O) groups is 1. The summed E-state index contributed by atoms with van der Waals surface area (Å²) in [6.45, 7) is 3.91. The van der Waals surface area contributed by atoms with Gasteiger partial charge in [0.25, 0.3) is 5.91 Å². The van der Waals surface area contributed by atoms with Gasteiger partial charge in [0.05, 0.1) is 10.7 Å². The minimum absolute atomic E-state index is 0.0819. The van der Waals surface area contributed by atoms with Crippen LogP contribution in [0.1, 0.15) is 30.3 Å². The van der Waals surface area contributed by atoms with E-state index < -0.39 is 0 Å². The van der Waals surface area contributed by atoms with Crippen LogP contribution in [0, 0.1) is 5.92 Å². The van der Waals surface area contributed by atoms with Gasteiger partial charge in [0.2, 0.25) is 0 Å². The molecular weight excluding hydrogens is 270 g/mol. The number of piperidine rings is 1. The Bertz CT molecular complexity index is 382. The van der Waals surface area contributed by atoms with E-state index in [9.17, 15) is 4.79 Å². The molecule has 0 bridgehead atoms. The topological polar surface area (TPSA) is 38.1 Å². The molecule has 0 spiro atoms. The van der Waals surface area contributed by atoms with Crippen LogP contribution in [0.3, 0.4) is 0 Å². The van der Waals surface area contributed by atoms with Gasteiger partial charge in [-0.15, -0.1) is 0 Å². The first-order chi connectivity index (χ1) is 7.59. The summed E-state index contributed by atoms with van der Waals surface area (Å²) in [6.07, 6.45) is 3.99. The third-order valence-electron chi connectivity index (χ3n) is 3.04. The van der Waals surface area contributed by atoms with Crippen molar-refractivity contribution in [2.24, 2.45) is 13.0 Å². The third-order valence-corrected chi connectivity index (χ3v) is 3.62. The van der Waals surface area contributed by atoms with E-state index in [-0.39, 0.29) is 5.91 Å². The molecule has 1 atom stereocenters. The number of halogens is 1. The lowest BCUT2D eigenvalue weighted by Gasteiger charge is -2.30. The molecule has 2 rings (SSSR count). The molecule has 1 aromatic heterocycles. The van der Waals surface area contributed by atoms with E-state index in [0.29, 0.717) is 11.6 Å². The molecule has 1 aliphatic heterocycles. The van der Waals surface area contributed by atoms with Gasteiger partial charge in [-0.2, -0.15) is 5.10 Å². The molecular formula is C11H16BrN3O. The summed E-state index contributed by atoms with van der Waals surface area (Å²) in [4.78, 5) is 14.2. The largest absolute Gasteiger partial charge is 0.337 e. The van der Waals surface area contributed by atoms with Crippen LogP contribution in [-0.4, -0.2) is 33.7 Å². The first-order valence-corrected chi connectivity index (χ1v) is 6.35. The smallest absolute Gasteiger partial charge is 0.273 e. The van der Waals surface area contributed by atoms with Crippen LogP contribution in [-0.2, 0) is 7.05 Å². The van der Waals surface area contributed by atoms with Gasteiger partial charge in [0.15, 0.2) is 0 Å². The van der Waals surface area contributed by atoms with E-state index in [4.69, 9.17) is 0 Å². The quantitative estimate of drug-likeness (QED) is 0.792. The number of amides is 1. The van der Waals surface area contributed by atoms with Crippen LogP contribution in [0.15, 0.2) is 10.7 Å². The molecule has 0 N–H and O–H groups in total. The average Bonchev–Trinajstić information content (AvgIpc) is 2.58. The zero-order valence-corrected chi connectivity index (χ0v) is 11.2. The zero-order chi connectivity index (χ0) is 11.7. The van der Waals surface area contributed by atoms with E-state index in [1.54, 1.807) is 17.9 Å². The van der Waals surface area contributed by atoms with Gasteiger partial charge in [-0.25, -0.2) is 0 Å². The monoisotopic (exact) mass is 285 g/mol. The maximum atomic E-state index is 12.3. The second kappa shape index (κ2) is 4.57. The number of hydrogen-bond acceptors (Lipinski definition) is 2. The van der Waals surface area contributed by atoms with Crippen molar-refractivity contribution < 1.29 is 4.79 Å². The SMILES string of the molecule is CC1CCCN(C(=O)c2c(Br)cnn2C)C1. The summed E-state index contributed by atoms with van der Waals surface area (Å²) >= 11 is 3.37. The Balaban J connectivity index is 2.18. The lowest BCUT2D eigenvalue weighted by molar-refractivity contribution is 0.0671. The van der Waals surface area contributed by atoms with Crippen LogP contribution in [0.25, 0.3) is 0 Å². The molecule has 1 unspecified atom stereocenters. The van der Waals surface area contributed by atoms with Crippen molar-refractivity contribution in [3.63, 3.8) is 0 Å². The first-order valence-electron chi connectivity index (χ1n) is 5.56. The minimum Gasteiger partial charge on any atom is -0.337 e. The molecule has 2 heterocycles. The number of carbonyl (C=O) groups excluding carboxylic acids is 1. The zero-order valence-electron chi connectivity index (χ0n) is 9.61. The Kier molecular flexibility index (Phi) is 3.33. The van der Waals surface area contributed by atoms with Gasteiger partial charge >= 0.3 is 0 Å². The average molecular weight is 286 g/mol. The summed E-state index contributed by atoms with van der Waals surface area (Å²) < 4.78 is 2.41. The molecule has 0 saturated carbocycles. The van der Waals surface area contributed by atoms with Crippen molar-refractivity contribution in [1.29, 1.82) is 0 Å². The highest BCUT2D eigenvalue weighted by atomic mass is 79.9. The number of aryl methyl sites for hydroxylation is 1. The molecule has 1 saturated heterocycles. The highest BCUT2D eigenvalue weighted by Gasteiger charge is 2.25. The Hall–Kier alpha value is -0.840. The summed E-state index contributed by atoms with van der Waals surface area (Å²) in [6, 6.07) is 0. The van der Waals surface area contributed by atoms with Gasteiger partial charge in [0, 0.05) is 20.1 Å². The van der Waals surface area contributed by atoms with Gasteiger partial charge in [0.1, 0.15) is 5.69 Å². The fraction of sp³-hybridized carbons (Fsp3) is 0.636. The lowest BCUT2D eigenvalue weighted by Crippen LogP contribution is -2.40. The highest BCUT2D eigenvalue weighted by Crippen LogP contribution is 2.21. The van der Waals surface area contributed by atoms with Crippen molar-refractivity contribution in [2.45, 2.75) is 19.8 Å². The van der Waals surface area contributed by atoms with Crippen molar-refractivity contribution in [3.05, 3.63) is 16.4 Å². The van der Waals surface area contributed by atoms with Crippen LogP contribution >= 0.6 is 15.9 Å². The van der Waals surface area contributed by atoms with Crippen LogP contribution in [0.5, 0.6) is 0 Å². The number of nitrogens with zero attached hydrogens (tertiary/aromatic N) is 3. The van der Waals surface area contributed by atoms with E-state index in [1.807, 2.05) is 4.90 Å². The van der Waals surface area contributed by atoms with Crippen molar-refractivity contribution in [2.75, 3.05) is 13.1 Å². The van der Waals surface area contributed by atoms with Crippen LogP contribution < -0.4 is 0 Å². The Morgan fingerprint density at radius 3 is 2.94 bits per heavy atom. The Labute approximate surface area is 104 Å². The van der Waals surface area contributed by atoms with Gasteiger partial charge < -0.3 is 4.90 Å². The Morgan fingerprint density at radius 1 is 1.62 bits per heavy atom. The number of hydrogen-bond donors (Lipinski definition) is 0. The van der Waals surface area contributed by atoms with Crippen molar-refractivity contribution >= 4 is 21.8 Å². The molecule has 0 aromatic carbocycles.